The molecule has 0 aliphatic heterocycles. The van der Waals surface area contributed by atoms with Gasteiger partial charge in [-0.3, -0.25) is 0 Å². The first kappa shape index (κ1) is 19.0. The fourth-order valence-electron chi connectivity index (χ4n) is 2.52. The number of ether oxygens (including phenoxy) is 1. The second kappa shape index (κ2) is 8.27. The van der Waals surface area contributed by atoms with Gasteiger partial charge in [-0.1, -0.05) is 59.6 Å². The molecule has 4 nitrogen and oxygen atoms in total. The largest absolute Gasteiger partial charge is 0.492 e. The molecule has 0 radical (unpaired) electrons. The van der Waals surface area contributed by atoms with Gasteiger partial charge in [0.15, 0.2) is 0 Å². The van der Waals surface area contributed by atoms with Crippen LogP contribution in [0.4, 0.5) is 0 Å². The fraction of sp³-hybridized carbons (Fsp3) is 0.158. The van der Waals surface area contributed by atoms with Gasteiger partial charge >= 0.3 is 0 Å². The Labute approximate surface area is 162 Å². The summed E-state index contributed by atoms with van der Waals surface area (Å²) in [5, 5.41) is 2.93. The minimum absolute atomic E-state index is 0.167. The third kappa shape index (κ3) is 5.11. The van der Waals surface area contributed by atoms with Crippen LogP contribution in [0.25, 0.3) is 10.8 Å². The fourth-order valence-corrected chi connectivity index (χ4v) is 3.96. The molecule has 0 saturated heterocycles. The highest BCUT2D eigenvalue weighted by atomic mass is 35.5. The van der Waals surface area contributed by atoms with Crippen LogP contribution in [0.3, 0.4) is 0 Å². The van der Waals surface area contributed by atoms with Crippen LogP contribution < -0.4 is 9.46 Å². The SMILES string of the molecule is O=S(=O)(Cc1ccc(Cl)c(Cl)c1)NCCOc1ccc2ccccc2c1. The van der Waals surface area contributed by atoms with Gasteiger partial charge in [-0.25, -0.2) is 13.1 Å². The number of hydrogen-bond donors (Lipinski definition) is 1. The topological polar surface area (TPSA) is 55.4 Å². The van der Waals surface area contributed by atoms with E-state index in [-0.39, 0.29) is 18.9 Å². The number of sulfonamides is 1. The molecule has 7 heteroatoms. The number of rotatable bonds is 7. The molecule has 0 aromatic heterocycles. The zero-order valence-corrected chi connectivity index (χ0v) is 16.1. The molecule has 0 unspecified atom stereocenters. The summed E-state index contributed by atoms with van der Waals surface area (Å²) in [4.78, 5) is 0. The van der Waals surface area contributed by atoms with Gasteiger partial charge in [0, 0.05) is 6.54 Å². The minimum Gasteiger partial charge on any atom is -0.492 e. The predicted molar refractivity (Wildman–Crippen MR) is 107 cm³/mol. The molecule has 0 spiro atoms. The lowest BCUT2D eigenvalue weighted by atomic mass is 10.1. The predicted octanol–water partition coefficient (Wildman–Crippen LogP) is 4.65. The summed E-state index contributed by atoms with van der Waals surface area (Å²) in [6.07, 6.45) is 0. The van der Waals surface area contributed by atoms with E-state index >= 15 is 0 Å². The maximum atomic E-state index is 12.1. The molecule has 136 valence electrons. The van der Waals surface area contributed by atoms with Crippen molar-refractivity contribution >= 4 is 44.0 Å². The summed E-state index contributed by atoms with van der Waals surface area (Å²) >= 11 is 11.7. The monoisotopic (exact) mass is 409 g/mol. The maximum Gasteiger partial charge on any atom is 0.215 e. The molecular weight excluding hydrogens is 393 g/mol. The summed E-state index contributed by atoms with van der Waals surface area (Å²) in [5.74, 6) is 0.534. The number of nitrogens with one attached hydrogen (secondary N) is 1. The van der Waals surface area contributed by atoms with E-state index in [0.717, 1.165) is 10.8 Å². The van der Waals surface area contributed by atoms with Crippen molar-refractivity contribution in [2.24, 2.45) is 0 Å². The summed E-state index contributed by atoms with van der Waals surface area (Å²) in [6, 6.07) is 18.5. The first-order valence-electron chi connectivity index (χ1n) is 7.96. The lowest BCUT2D eigenvalue weighted by Crippen LogP contribution is -2.29. The van der Waals surface area contributed by atoms with Crippen molar-refractivity contribution in [3.63, 3.8) is 0 Å². The third-order valence-corrected chi connectivity index (χ3v) is 5.85. The zero-order chi connectivity index (χ0) is 18.6. The van der Waals surface area contributed by atoms with Crippen LogP contribution in [0.1, 0.15) is 5.56 Å². The molecule has 0 aliphatic rings. The summed E-state index contributed by atoms with van der Waals surface area (Å²) < 4.78 is 32.4. The zero-order valence-electron chi connectivity index (χ0n) is 13.8. The molecule has 0 aliphatic carbocycles. The number of halogens is 2. The van der Waals surface area contributed by atoms with Crippen molar-refractivity contribution in [2.75, 3.05) is 13.2 Å². The smallest absolute Gasteiger partial charge is 0.215 e. The molecule has 3 rings (SSSR count). The highest BCUT2D eigenvalue weighted by Crippen LogP contribution is 2.23. The second-order valence-electron chi connectivity index (χ2n) is 5.76. The van der Waals surface area contributed by atoms with Crippen LogP contribution >= 0.6 is 23.2 Å². The van der Waals surface area contributed by atoms with Gasteiger partial charge in [-0.15, -0.1) is 0 Å². The van der Waals surface area contributed by atoms with Crippen LogP contribution in [-0.2, 0) is 15.8 Å². The van der Waals surface area contributed by atoms with Crippen molar-refractivity contribution in [2.45, 2.75) is 5.75 Å². The normalized spacial score (nSPS) is 11.6. The van der Waals surface area contributed by atoms with Gasteiger partial charge in [-0.2, -0.15) is 0 Å². The first-order chi connectivity index (χ1) is 12.4. The quantitative estimate of drug-likeness (QED) is 0.577. The van der Waals surface area contributed by atoms with E-state index < -0.39 is 10.0 Å². The van der Waals surface area contributed by atoms with E-state index in [9.17, 15) is 8.42 Å². The van der Waals surface area contributed by atoms with E-state index in [1.54, 1.807) is 18.2 Å². The first-order valence-corrected chi connectivity index (χ1v) is 10.4. The number of benzene rings is 3. The number of hydrogen-bond acceptors (Lipinski definition) is 3. The molecule has 0 heterocycles. The average Bonchev–Trinajstić information content (AvgIpc) is 2.61. The standard InChI is InChI=1S/C19H17Cl2NO3S/c20-18-8-5-14(11-19(18)21)13-26(23,24)22-9-10-25-17-7-6-15-3-1-2-4-16(15)12-17/h1-8,11-12,22H,9-10,13H2. The highest BCUT2D eigenvalue weighted by molar-refractivity contribution is 7.88. The molecule has 0 amide bonds. The lowest BCUT2D eigenvalue weighted by Gasteiger charge is -2.10. The van der Waals surface area contributed by atoms with Crippen LogP contribution in [0.15, 0.2) is 60.7 Å². The van der Waals surface area contributed by atoms with Crippen molar-refractivity contribution in [3.05, 3.63) is 76.3 Å². The Morgan fingerprint density at radius 1 is 0.885 bits per heavy atom. The van der Waals surface area contributed by atoms with Crippen LogP contribution in [-0.4, -0.2) is 21.6 Å². The van der Waals surface area contributed by atoms with Crippen LogP contribution in [0.5, 0.6) is 5.75 Å². The van der Waals surface area contributed by atoms with Gasteiger partial charge in [0.1, 0.15) is 12.4 Å². The summed E-state index contributed by atoms with van der Waals surface area (Å²) in [5.41, 5.74) is 0.572. The maximum absolute atomic E-state index is 12.1. The molecule has 0 fully saturated rings. The van der Waals surface area contributed by atoms with Crippen molar-refractivity contribution in [3.8, 4) is 5.75 Å². The molecule has 0 saturated carbocycles. The van der Waals surface area contributed by atoms with Gasteiger partial charge in [0.05, 0.1) is 15.8 Å². The van der Waals surface area contributed by atoms with Crippen molar-refractivity contribution in [1.29, 1.82) is 0 Å². The van der Waals surface area contributed by atoms with Gasteiger partial charge < -0.3 is 4.74 Å². The van der Waals surface area contributed by atoms with Gasteiger partial charge in [0.25, 0.3) is 0 Å². The van der Waals surface area contributed by atoms with E-state index in [4.69, 9.17) is 27.9 Å². The Morgan fingerprint density at radius 3 is 2.42 bits per heavy atom. The highest BCUT2D eigenvalue weighted by Gasteiger charge is 2.12. The van der Waals surface area contributed by atoms with Crippen molar-refractivity contribution < 1.29 is 13.2 Å². The van der Waals surface area contributed by atoms with E-state index in [1.807, 2.05) is 42.5 Å². The Kier molecular flexibility index (Phi) is 6.04. The molecule has 1 N–H and O–H groups in total. The van der Waals surface area contributed by atoms with Crippen LogP contribution in [0, 0.1) is 0 Å². The van der Waals surface area contributed by atoms with E-state index in [2.05, 4.69) is 4.72 Å². The van der Waals surface area contributed by atoms with E-state index in [1.165, 1.54) is 0 Å². The Hall–Kier alpha value is -1.79. The molecule has 3 aromatic rings. The third-order valence-electron chi connectivity index (χ3n) is 3.75. The van der Waals surface area contributed by atoms with Crippen LogP contribution in [0.2, 0.25) is 10.0 Å². The molecule has 0 bridgehead atoms. The molecular formula is C19H17Cl2NO3S. The Bertz CT molecular complexity index is 1020. The van der Waals surface area contributed by atoms with Gasteiger partial charge in [-0.05, 0) is 40.6 Å². The summed E-state index contributed by atoms with van der Waals surface area (Å²) in [7, 11) is -3.49. The van der Waals surface area contributed by atoms with E-state index in [0.29, 0.717) is 21.4 Å². The lowest BCUT2D eigenvalue weighted by molar-refractivity contribution is 0.323. The molecule has 26 heavy (non-hydrogen) atoms. The Balaban J connectivity index is 1.52. The Morgan fingerprint density at radius 2 is 1.65 bits per heavy atom. The van der Waals surface area contributed by atoms with Crippen molar-refractivity contribution in [1.82, 2.24) is 4.72 Å². The average molecular weight is 410 g/mol. The molecule has 3 aromatic carbocycles. The summed E-state index contributed by atoms with van der Waals surface area (Å²) in [6.45, 7) is 0.412. The van der Waals surface area contributed by atoms with Gasteiger partial charge in [0.2, 0.25) is 10.0 Å². The number of fused-ring (bicyclic) bond motifs is 1. The second-order valence-corrected chi connectivity index (χ2v) is 8.38. The molecule has 0 atom stereocenters. The minimum atomic E-state index is -3.49.